The highest BCUT2D eigenvalue weighted by Crippen LogP contribution is 2.28. The first-order valence-electron chi connectivity index (χ1n) is 8.98. The summed E-state index contributed by atoms with van der Waals surface area (Å²) in [6, 6.07) is 8.29. The number of benzene rings is 2. The maximum absolute atomic E-state index is 14.5. The molecule has 5 nitrogen and oxygen atoms in total. The van der Waals surface area contributed by atoms with Crippen molar-refractivity contribution < 1.29 is 22.7 Å². The lowest BCUT2D eigenvalue weighted by Gasteiger charge is -2.25. The first-order chi connectivity index (χ1) is 14.2. The Kier molecular flexibility index (Phi) is 5.96. The van der Waals surface area contributed by atoms with Crippen molar-refractivity contribution in [1.29, 1.82) is 0 Å². The molecule has 3 rings (SSSR count). The van der Waals surface area contributed by atoms with Gasteiger partial charge >= 0.3 is 0 Å². The fourth-order valence-corrected chi connectivity index (χ4v) is 3.08. The summed E-state index contributed by atoms with van der Waals surface area (Å²) in [4.78, 5) is 26.2. The van der Waals surface area contributed by atoms with Gasteiger partial charge in [-0.3, -0.25) is 9.59 Å². The smallest absolute Gasteiger partial charge is 0.260 e. The number of carbonyl (C=O) groups excluding carboxylic acids is 1. The number of pyridine rings is 1. The first kappa shape index (κ1) is 21.2. The number of halogens is 3. The van der Waals surface area contributed by atoms with Gasteiger partial charge in [-0.2, -0.15) is 0 Å². The predicted octanol–water partition coefficient (Wildman–Crippen LogP) is 3.97. The molecule has 0 fully saturated rings. The van der Waals surface area contributed by atoms with Gasteiger partial charge in [-0.15, -0.1) is 0 Å². The van der Waals surface area contributed by atoms with E-state index in [9.17, 15) is 22.8 Å². The van der Waals surface area contributed by atoms with Crippen LogP contribution in [0.4, 0.5) is 18.9 Å². The Morgan fingerprint density at radius 2 is 1.80 bits per heavy atom. The van der Waals surface area contributed by atoms with E-state index < -0.39 is 23.4 Å². The van der Waals surface area contributed by atoms with Crippen LogP contribution in [0.25, 0.3) is 0 Å². The van der Waals surface area contributed by atoms with Crippen molar-refractivity contribution in [2.24, 2.45) is 7.05 Å². The zero-order valence-electron chi connectivity index (χ0n) is 16.6. The van der Waals surface area contributed by atoms with Crippen molar-refractivity contribution in [3.05, 3.63) is 93.2 Å². The van der Waals surface area contributed by atoms with Crippen LogP contribution in [0.15, 0.2) is 53.5 Å². The van der Waals surface area contributed by atoms with E-state index in [2.05, 4.69) is 0 Å². The molecule has 0 saturated heterocycles. The van der Waals surface area contributed by atoms with E-state index in [4.69, 9.17) is 4.74 Å². The Hall–Kier alpha value is -3.55. The standard InChI is InChI=1S/C22H19F3N2O3/c1-13-8-16(23)5-6-19(13)27(22(29)14-4-7-21(28)26(2)11-14)12-15-9-20(30-3)18(25)10-17(15)24/h4-11H,12H2,1-3H3. The Bertz CT molecular complexity index is 1170. The number of amides is 1. The highest BCUT2D eigenvalue weighted by molar-refractivity contribution is 6.06. The second-order valence-electron chi connectivity index (χ2n) is 6.77. The van der Waals surface area contributed by atoms with Gasteiger partial charge in [-0.05, 0) is 42.8 Å². The van der Waals surface area contributed by atoms with Gasteiger partial charge in [0.25, 0.3) is 5.91 Å². The zero-order valence-corrected chi connectivity index (χ0v) is 16.6. The number of hydrogen-bond acceptors (Lipinski definition) is 3. The average molecular weight is 416 g/mol. The van der Waals surface area contributed by atoms with Crippen molar-refractivity contribution in [3.63, 3.8) is 0 Å². The predicted molar refractivity (Wildman–Crippen MR) is 106 cm³/mol. The number of carbonyl (C=O) groups is 1. The number of anilines is 1. The summed E-state index contributed by atoms with van der Waals surface area (Å²) in [5.74, 6) is -2.92. The molecule has 0 aliphatic rings. The van der Waals surface area contributed by atoms with Gasteiger partial charge < -0.3 is 14.2 Å². The molecule has 156 valence electrons. The minimum Gasteiger partial charge on any atom is -0.494 e. The summed E-state index contributed by atoms with van der Waals surface area (Å²) < 4.78 is 48.0. The maximum atomic E-state index is 14.5. The minimum absolute atomic E-state index is 0.00939. The highest BCUT2D eigenvalue weighted by atomic mass is 19.1. The third-order valence-corrected chi connectivity index (χ3v) is 4.68. The Morgan fingerprint density at radius 1 is 1.07 bits per heavy atom. The monoisotopic (exact) mass is 416 g/mol. The lowest BCUT2D eigenvalue weighted by Crippen LogP contribution is -2.32. The quantitative estimate of drug-likeness (QED) is 0.633. The van der Waals surface area contributed by atoms with Crippen molar-refractivity contribution in [1.82, 2.24) is 4.57 Å². The molecule has 8 heteroatoms. The molecule has 0 bridgehead atoms. The van der Waals surface area contributed by atoms with Crippen LogP contribution >= 0.6 is 0 Å². The van der Waals surface area contributed by atoms with E-state index in [-0.39, 0.29) is 29.0 Å². The summed E-state index contributed by atoms with van der Waals surface area (Å²) in [5.41, 5.74) is 0.677. The largest absolute Gasteiger partial charge is 0.494 e. The van der Waals surface area contributed by atoms with Crippen LogP contribution in [0.5, 0.6) is 5.75 Å². The molecule has 2 aromatic carbocycles. The topological polar surface area (TPSA) is 51.5 Å². The van der Waals surface area contributed by atoms with Gasteiger partial charge in [0, 0.05) is 36.6 Å². The average Bonchev–Trinajstić information content (AvgIpc) is 2.69. The number of nitrogens with zero attached hydrogens (tertiary/aromatic N) is 2. The molecule has 0 saturated carbocycles. The minimum atomic E-state index is -0.868. The van der Waals surface area contributed by atoms with Gasteiger partial charge in [-0.25, -0.2) is 13.2 Å². The number of rotatable bonds is 5. The molecular weight excluding hydrogens is 397 g/mol. The normalized spacial score (nSPS) is 10.7. The van der Waals surface area contributed by atoms with Crippen molar-refractivity contribution in [2.45, 2.75) is 13.5 Å². The van der Waals surface area contributed by atoms with Gasteiger partial charge in [0.05, 0.1) is 19.2 Å². The van der Waals surface area contributed by atoms with Crippen LogP contribution in [0.1, 0.15) is 21.5 Å². The van der Waals surface area contributed by atoms with Crippen LogP contribution in [0.2, 0.25) is 0 Å². The van der Waals surface area contributed by atoms with Gasteiger partial charge in [0.1, 0.15) is 11.6 Å². The molecule has 0 aliphatic carbocycles. The third-order valence-electron chi connectivity index (χ3n) is 4.68. The molecular formula is C22H19F3N2O3. The molecule has 3 aromatic rings. The fourth-order valence-electron chi connectivity index (χ4n) is 3.08. The van der Waals surface area contributed by atoms with Gasteiger partial charge in [0.15, 0.2) is 11.6 Å². The molecule has 0 N–H and O–H groups in total. The second-order valence-corrected chi connectivity index (χ2v) is 6.77. The molecule has 1 heterocycles. The van der Waals surface area contributed by atoms with Crippen LogP contribution in [0, 0.1) is 24.4 Å². The van der Waals surface area contributed by atoms with E-state index in [1.54, 1.807) is 6.92 Å². The Labute approximate surface area is 170 Å². The number of methoxy groups -OCH3 is 1. The fraction of sp³-hybridized carbons (Fsp3) is 0.182. The summed E-state index contributed by atoms with van der Waals surface area (Å²) in [6.45, 7) is 1.34. The molecule has 0 spiro atoms. The second kappa shape index (κ2) is 8.44. The number of hydrogen-bond donors (Lipinski definition) is 0. The summed E-state index contributed by atoms with van der Waals surface area (Å²) in [6.07, 6.45) is 1.36. The molecule has 1 amide bonds. The zero-order chi connectivity index (χ0) is 22.0. The highest BCUT2D eigenvalue weighted by Gasteiger charge is 2.23. The maximum Gasteiger partial charge on any atom is 0.260 e. The van der Waals surface area contributed by atoms with Crippen molar-refractivity contribution >= 4 is 11.6 Å². The number of aryl methyl sites for hydroxylation is 2. The Morgan fingerprint density at radius 3 is 2.43 bits per heavy atom. The lowest BCUT2D eigenvalue weighted by atomic mass is 10.1. The summed E-state index contributed by atoms with van der Waals surface area (Å²) >= 11 is 0. The molecule has 0 atom stereocenters. The van der Waals surface area contributed by atoms with E-state index in [1.807, 2.05) is 0 Å². The van der Waals surface area contributed by atoms with E-state index in [0.29, 0.717) is 17.3 Å². The van der Waals surface area contributed by atoms with Crippen LogP contribution in [0.3, 0.4) is 0 Å². The molecule has 0 unspecified atom stereocenters. The Balaban J connectivity index is 2.11. The van der Waals surface area contributed by atoms with Crippen molar-refractivity contribution in [3.8, 4) is 5.75 Å². The lowest BCUT2D eigenvalue weighted by molar-refractivity contribution is 0.0984. The molecule has 1 aromatic heterocycles. The van der Waals surface area contributed by atoms with E-state index in [1.165, 1.54) is 66.2 Å². The summed E-state index contributed by atoms with van der Waals surface area (Å²) in [7, 11) is 2.74. The SMILES string of the molecule is COc1cc(CN(C(=O)c2ccc(=O)n(C)c2)c2ccc(F)cc2C)c(F)cc1F. The first-order valence-corrected chi connectivity index (χ1v) is 8.98. The van der Waals surface area contributed by atoms with Gasteiger partial charge in [-0.1, -0.05) is 0 Å². The van der Waals surface area contributed by atoms with Crippen LogP contribution in [-0.4, -0.2) is 17.6 Å². The number of aromatic nitrogens is 1. The number of ether oxygens (including phenoxy) is 1. The van der Waals surface area contributed by atoms with Crippen LogP contribution in [-0.2, 0) is 13.6 Å². The third kappa shape index (κ3) is 4.22. The summed E-state index contributed by atoms with van der Waals surface area (Å²) in [5, 5.41) is 0. The molecule has 30 heavy (non-hydrogen) atoms. The van der Waals surface area contributed by atoms with Gasteiger partial charge in [0.2, 0.25) is 5.56 Å². The van der Waals surface area contributed by atoms with Crippen molar-refractivity contribution in [2.75, 3.05) is 12.0 Å². The van der Waals surface area contributed by atoms with E-state index in [0.717, 1.165) is 0 Å². The van der Waals surface area contributed by atoms with Crippen LogP contribution < -0.4 is 15.2 Å². The molecule has 0 radical (unpaired) electrons. The molecule has 0 aliphatic heterocycles. The van der Waals surface area contributed by atoms with E-state index >= 15 is 0 Å².